The van der Waals surface area contributed by atoms with Crippen LogP contribution in [0.4, 0.5) is 14.5 Å². The van der Waals surface area contributed by atoms with Gasteiger partial charge in [-0.2, -0.15) is 0 Å². The second kappa shape index (κ2) is 9.09. The maximum Gasteiger partial charge on any atom is 0.277 e. The lowest BCUT2D eigenvalue weighted by atomic mass is 10.2. The van der Waals surface area contributed by atoms with E-state index in [1.54, 1.807) is 6.07 Å². The number of benzene rings is 2. The van der Waals surface area contributed by atoms with Crippen LogP contribution in [0.5, 0.6) is 0 Å². The van der Waals surface area contributed by atoms with Crippen molar-refractivity contribution in [3.63, 3.8) is 0 Å². The van der Waals surface area contributed by atoms with Crippen LogP contribution in [-0.4, -0.2) is 27.8 Å². The molecule has 0 atom stereocenters. The molecule has 28 heavy (non-hydrogen) atoms. The quantitative estimate of drug-likeness (QED) is 0.588. The van der Waals surface area contributed by atoms with E-state index in [2.05, 4.69) is 20.8 Å². The number of aromatic nitrogens is 2. The molecule has 10 heteroatoms. The zero-order valence-corrected chi connectivity index (χ0v) is 15.1. The van der Waals surface area contributed by atoms with Crippen molar-refractivity contribution in [2.45, 2.75) is 11.8 Å². The predicted molar refractivity (Wildman–Crippen MR) is 97.6 cm³/mol. The highest BCUT2D eigenvalue weighted by molar-refractivity contribution is 7.99. The van der Waals surface area contributed by atoms with Crippen molar-refractivity contribution in [3.8, 4) is 0 Å². The van der Waals surface area contributed by atoms with Gasteiger partial charge in [-0.3, -0.25) is 9.59 Å². The van der Waals surface area contributed by atoms with Gasteiger partial charge in [0.15, 0.2) is 0 Å². The molecule has 3 rings (SSSR count). The molecule has 144 valence electrons. The van der Waals surface area contributed by atoms with Crippen molar-refractivity contribution >= 4 is 29.3 Å². The smallest absolute Gasteiger partial charge is 0.277 e. The van der Waals surface area contributed by atoms with Gasteiger partial charge in [0.2, 0.25) is 11.8 Å². The van der Waals surface area contributed by atoms with Gasteiger partial charge >= 0.3 is 0 Å². The number of thioether (sulfide) groups is 1. The van der Waals surface area contributed by atoms with Gasteiger partial charge in [-0.25, -0.2) is 8.78 Å². The van der Waals surface area contributed by atoms with Crippen LogP contribution < -0.4 is 10.6 Å². The molecule has 0 aliphatic carbocycles. The molecule has 0 aliphatic rings. The minimum atomic E-state index is -0.631. The maximum atomic E-state index is 13.5. The minimum Gasteiger partial charge on any atom is -0.414 e. The fraction of sp³-hybridized carbons (Fsp3) is 0.111. The lowest BCUT2D eigenvalue weighted by Crippen LogP contribution is -2.23. The summed E-state index contributed by atoms with van der Waals surface area (Å²) >= 11 is 1.01. The molecule has 1 aromatic heterocycles. The number of hydrogen-bond acceptors (Lipinski definition) is 6. The largest absolute Gasteiger partial charge is 0.414 e. The van der Waals surface area contributed by atoms with E-state index >= 15 is 0 Å². The summed E-state index contributed by atoms with van der Waals surface area (Å²) in [5.74, 6) is -1.85. The van der Waals surface area contributed by atoms with Crippen molar-refractivity contribution in [2.24, 2.45) is 0 Å². The van der Waals surface area contributed by atoms with Gasteiger partial charge < -0.3 is 15.1 Å². The molecule has 2 N–H and O–H groups in total. The van der Waals surface area contributed by atoms with E-state index in [-0.39, 0.29) is 34.9 Å². The van der Waals surface area contributed by atoms with Gasteiger partial charge in [0.1, 0.15) is 11.6 Å². The van der Waals surface area contributed by atoms with Gasteiger partial charge in [0.05, 0.1) is 17.9 Å². The summed E-state index contributed by atoms with van der Waals surface area (Å²) in [5, 5.41) is 12.7. The lowest BCUT2D eigenvalue weighted by Gasteiger charge is -2.03. The van der Waals surface area contributed by atoms with E-state index < -0.39 is 17.5 Å². The van der Waals surface area contributed by atoms with Crippen LogP contribution in [0.15, 0.2) is 58.2 Å². The van der Waals surface area contributed by atoms with Crippen molar-refractivity contribution < 1.29 is 22.8 Å². The average Bonchev–Trinajstić information content (AvgIpc) is 3.15. The van der Waals surface area contributed by atoms with E-state index in [1.165, 1.54) is 42.5 Å². The van der Waals surface area contributed by atoms with Crippen molar-refractivity contribution in [1.82, 2.24) is 15.5 Å². The average molecular weight is 404 g/mol. The standard InChI is InChI=1S/C18H14F2N4O3S/c19-11-5-7-12(8-6-11)22-15(25)10-28-18-24-23-16(27-18)9-21-17(26)13-3-1-2-4-14(13)20/h1-8H,9-10H2,(H,21,26)(H,22,25). The molecule has 2 amide bonds. The number of hydrogen-bond donors (Lipinski definition) is 2. The second-order valence-electron chi connectivity index (χ2n) is 5.47. The van der Waals surface area contributed by atoms with Crippen LogP contribution in [0.3, 0.4) is 0 Å². The Morgan fingerprint density at radius 2 is 1.79 bits per heavy atom. The highest BCUT2D eigenvalue weighted by Gasteiger charge is 2.13. The molecule has 0 unspecified atom stereocenters. The summed E-state index contributed by atoms with van der Waals surface area (Å²) in [5.41, 5.74) is 0.378. The molecule has 0 aliphatic heterocycles. The summed E-state index contributed by atoms with van der Waals surface area (Å²) in [6.07, 6.45) is 0. The van der Waals surface area contributed by atoms with E-state index in [9.17, 15) is 18.4 Å². The first-order valence-electron chi connectivity index (χ1n) is 8.04. The Morgan fingerprint density at radius 3 is 2.54 bits per heavy atom. The Bertz CT molecular complexity index is 979. The zero-order chi connectivity index (χ0) is 19.9. The first kappa shape index (κ1) is 19.5. The summed E-state index contributed by atoms with van der Waals surface area (Å²) in [7, 11) is 0. The molecule has 0 bridgehead atoms. The molecule has 1 heterocycles. The van der Waals surface area contributed by atoms with Crippen LogP contribution in [0.1, 0.15) is 16.2 Å². The van der Waals surface area contributed by atoms with Crippen LogP contribution in [-0.2, 0) is 11.3 Å². The highest BCUT2D eigenvalue weighted by atomic mass is 32.2. The van der Waals surface area contributed by atoms with Crippen LogP contribution in [0.25, 0.3) is 0 Å². The number of anilines is 1. The Morgan fingerprint density at radius 1 is 1.04 bits per heavy atom. The number of carbonyl (C=O) groups excluding carboxylic acids is 2. The van der Waals surface area contributed by atoms with E-state index in [0.29, 0.717) is 5.69 Å². The Hall–Kier alpha value is -3.27. The Balaban J connectivity index is 1.46. The molecule has 3 aromatic rings. The fourth-order valence-corrected chi connectivity index (χ4v) is 2.70. The number of nitrogens with one attached hydrogen (secondary N) is 2. The van der Waals surface area contributed by atoms with Crippen molar-refractivity contribution in [3.05, 3.63) is 71.6 Å². The monoisotopic (exact) mass is 404 g/mol. The maximum absolute atomic E-state index is 13.5. The Labute approximate surface area is 162 Å². The summed E-state index contributed by atoms with van der Waals surface area (Å²) < 4.78 is 31.7. The molecular weight excluding hydrogens is 390 g/mol. The Kier molecular flexibility index (Phi) is 6.33. The van der Waals surface area contributed by atoms with Gasteiger partial charge in [-0.1, -0.05) is 23.9 Å². The zero-order valence-electron chi connectivity index (χ0n) is 14.3. The normalized spacial score (nSPS) is 10.5. The summed E-state index contributed by atoms with van der Waals surface area (Å²) in [6.45, 7) is -0.0808. The van der Waals surface area contributed by atoms with Gasteiger partial charge in [-0.15, -0.1) is 10.2 Å². The topological polar surface area (TPSA) is 97.1 Å². The number of rotatable bonds is 7. The molecule has 0 saturated heterocycles. The SMILES string of the molecule is O=C(CSc1nnc(CNC(=O)c2ccccc2F)o1)Nc1ccc(F)cc1. The third-order valence-electron chi connectivity index (χ3n) is 3.42. The molecule has 2 aromatic carbocycles. The summed E-state index contributed by atoms with van der Waals surface area (Å²) in [6, 6.07) is 11.0. The fourth-order valence-electron chi connectivity index (χ4n) is 2.12. The van der Waals surface area contributed by atoms with Crippen LogP contribution in [0.2, 0.25) is 0 Å². The first-order chi connectivity index (χ1) is 13.5. The third-order valence-corrected chi connectivity index (χ3v) is 4.24. The van der Waals surface area contributed by atoms with Crippen LogP contribution >= 0.6 is 11.8 Å². The lowest BCUT2D eigenvalue weighted by molar-refractivity contribution is -0.113. The predicted octanol–water partition coefficient (Wildman–Crippen LogP) is 3.01. The van der Waals surface area contributed by atoms with Gasteiger partial charge in [0.25, 0.3) is 11.1 Å². The van der Waals surface area contributed by atoms with E-state index in [1.807, 2.05) is 0 Å². The molecule has 7 nitrogen and oxygen atoms in total. The van der Waals surface area contributed by atoms with Crippen LogP contribution in [0, 0.1) is 11.6 Å². The second-order valence-corrected chi connectivity index (χ2v) is 6.39. The van der Waals surface area contributed by atoms with Crippen molar-refractivity contribution in [2.75, 3.05) is 11.1 Å². The summed E-state index contributed by atoms with van der Waals surface area (Å²) in [4.78, 5) is 23.8. The number of halogens is 2. The molecule has 0 fully saturated rings. The first-order valence-corrected chi connectivity index (χ1v) is 9.03. The third kappa shape index (κ3) is 5.36. The molecular formula is C18H14F2N4O3S. The van der Waals surface area contributed by atoms with Gasteiger partial charge in [-0.05, 0) is 36.4 Å². The number of amides is 2. The number of nitrogens with zero attached hydrogens (tertiary/aromatic N) is 2. The van der Waals surface area contributed by atoms with Crippen molar-refractivity contribution in [1.29, 1.82) is 0 Å². The molecule has 0 saturated carbocycles. The highest BCUT2D eigenvalue weighted by Crippen LogP contribution is 2.17. The van der Waals surface area contributed by atoms with E-state index in [0.717, 1.165) is 11.8 Å². The number of carbonyl (C=O) groups is 2. The molecule has 0 radical (unpaired) electrons. The van der Waals surface area contributed by atoms with Gasteiger partial charge in [0, 0.05) is 5.69 Å². The molecule has 0 spiro atoms. The minimum absolute atomic E-state index is 0.000591. The van der Waals surface area contributed by atoms with E-state index in [4.69, 9.17) is 4.42 Å².